The van der Waals surface area contributed by atoms with Gasteiger partial charge in [-0.3, -0.25) is 28.8 Å². The van der Waals surface area contributed by atoms with E-state index in [0.717, 1.165) is 13.8 Å². The molecule has 0 aliphatic carbocycles. The zero-order chi connectivity index (χ0) is 18.2. The monoisotopic (exact) mass is 328 g/mol. The topological polar surface area (TPSA) is 151 Å². The van der Waals surface area contributed by atoms with Gasteiger partial charge in [0, 0.05) is 14.1 Å². The van der Waals surface area contributed by atoms with Gasteiger partial charge in [-0.25, -0.2) is 0 Å². The van der Waals surface area contributed by atoms with Crippen LogP contribution in [0.1, 0.15) is 13.8 Å². The van der Waals surface area contributed by atoms with Gasteiger partial charge in [0.2, 0.25) is 23.6 Å². The highest BCUT2D eigenvalue weighted by Gasteiger charge is 2.32. The first-order valence-electron chi connectivity index (χ1n) is 6.66. The molecule has 0 heterocycles. The van der Waals surface area contributed by atoms with Crippen molar-refractivity contribution in [1.29, 1.82) is 0 Å². The molecule has 0 saturated heterocycles. The van der Waals surface area contributed by atoms with Gasteiger partial charge in [-0.15, -0.1) is 0 Å². The Kier molecular flexibility index (Phi) is 8.16. The minimum Gasteiger partial charge on any atom is -0.358 e. The van der Waals surface area contributed by atoms with Crippen molar-refractivity contribution in [3.63, 3.8) is 0 Å². The first-order chi connectivity index (χ1) is 10.7. The van der Waals surface area contributed by atoms with E-state index < -0.39 is 53.7 Å². The molecule has 10 heteroatoms. The number of nitrogens with one attached hydrogen (secondary N) is 4. The summed E-state index contributed by atoms with van der Waals surface area (Å²) in [6.07, 6.45) is 0. The van der Waals surface area contributed by atoms with Gasteiger partial charge in [0.05, 0.1) is 6.67 Å². The average molecular weight is 328 g/mol. The summed E-state index contributed by atoms with van der Waals surface area (Å²) in [5, 5.41) is 8.68. The summed E-state index contributed by atoms with van der Waals surface area (Å²) >= 11 is 0. The van der Waals surface area contributed by atoms with Gasteiger partial charge in [-0.2, -0.15) is 0 Å². The van der Waals surface area contributed by atoms with Crippen LogP contribution in [0.5, 0.6) is 0 Å². The second kappa shape index (κ2) is 9.28. The first kappa shape index (κ1) is 20.2. The van der Waals surface area contributed by atoms with Gasteiger partial charge in [0.1, 0.15) is 0 Å². The second-order valence-electron chi connectivity index (χ2n) is 4.57. The van der Waals surface area contributed by atoms with Gasteiger partial charge < -0.3 is 21.3 Å². The molecule has 0 saturated carbocycles. The third-order valence-corrected chi connectivity index (χ3v) is 2.88. The van der Waals surface area contributed by atoms with E-state index in [0.29, 0.717) is 0 Å². The van der Waals surface area contributed by atoms with Crippen molar-refractivity contribution in [2.75, 3.05) is 20.8 Å². The summed E-state index contributed by atoms with van der Waals surface area (Å²) in [5.74, 6) is -7.80. The molecule has 128 valence electrons. The standard InChI is InChI=1S/C13H20N4O6/c1-6(18)8(10(20)14-3)12(22)16-5-17-13(23)9(7(2)19)11(21)15-4/h8-9H,5H2,1-4H3,(H,14,20)(H,15,21)(H,16,22)(H,17,23). The van der Waals surface area contributed by atoms with Crippen molar-refractivity contribution >= 4 is 35.2 Å². The van der Waals surface area contributed by atoms with Gasteiger partial charge in [-0.05, 0) is 13.8 Å². The number of hydrogen-bond acceptors (Lipinski definition) is 6. The molecule has 0 bridgehead atoms. The molecule has 0 rings (SSSR count). The Labute approximate surface area is 132 Å². The van der Waals surface area contributed by atoms with E-state index in [1.807, 2.05) is 0 Å². The molecular formula is C13H20N4O6. The van der Waals surface area contributed by atoms with Crippen molar-refractivity contribution in [2.24, 2.45) is 11.8 Å². The van der Waals surface area contributed by atoms with Crippen molar-refractivity contribution in [3.05, 3.63) is 0 Å². The lowest BCUT2D eigenvalue weighted by atomic mass is 10.0. The van der Waals surface area contributed by atoms with Crippen molar-refractivity contribution in [2.45, 2.75) is 13.8 Å². The molecule has 0 fully saturated rings. The van der Waals surface area contributed by atoms with E-state index in [1.54, 1.807) is 0 Å². The molecule has 23 heavy (non-hydrogen) atoms. The Bertz CT molecular complexity index is 485. The maximum absolute atomic E-state index is 11.8. The summed E-state index contributed by atoms with van der Waals surface area (Å²) in [7, 11) is 2.54. The summed E-state index contributed by atoms with van der Waals surface area (Å²) in [4.78, 5) is 69.0. The van der Waals surface area contributed by atoms with E-state index in [9.17, 15) is 28.8 Å². The minimum absolute atomic E-state index is 0.445. The number of ketones is 2. The quantitative estimate of drug-likeness (QED) is 0.277. The fourth-order valence-corrected chi connectivity index (χ4v) is 1.69. The normalized spacial score (nSPS) is 12.3. The summed E-state index contributed by atoms with van der Waals surface area (Å²) in [6.45, 7) is 1.71. The summed E-state index contributed by atoms with van der Waals surface area (Å²) in [5.41, 5.74) is 0. The molecule has 0 radical (unpaired) electrons. The van der Waals surface area contributed by atoms with Crippen LogP contribution in [0.2, 0.25) is 0 Å². The fourth-order valence-electron chi connectivity index (χ4n) is 1.69. The molecule has 4 amide bonds. The van der Waals surface area contributed by atoms with Gasteiger partial charge >= 0.3 is 0 Å². The Morgan fingerprint density at radius 3 is 1.17 bits per heavy atom. The van der Waals surface area contributed by atoms with Crippen LogP contribution in [-0.2, 0) is 28.8 Å². The van der Waals surface area contributed by atoms with E-state index >= 15 is 0 Å². The van der Waals surface area contributed by atoms with Crippen LogP contribution in [0.25, 0.3) is 0 Å². The molecule has 0 aromatic carbocycles. The molecule has 0 spiro atoms. The molecule has 0 aliphatic rings. The highest BCUT2D eigenvalue weighted by Crippen LogP contribution is 2.00. The Hall–Kier alpha value is -2.78. The molecule has 2 unspecified atom stereocenters. The zero-order valence-corrected chi connectivity index (χ0v) is 13.3. The molecule has 0 aromatic rings. The van der Waals surface area contributed by atoms with E-state index in [-0.39, 0.29) is 0 Å². The molecule has 10 nitrogen and oxygen atoms in total. The lowest BCUT2D eigenvalue weighted by molar-refractivity contribution is -0.142. The molecule has 0 aliphatic heterocycles. The SMILES string of the molecule is CNC(=O)C(C(C)=O)C(=O)NCNC(=O)C(C(C)=O)C(=O)NC. The van der Waals surface area contributed by atoms with Gasteiger partial charge in [0.25, 0.3) is 0 Å². The number of Topliss-reactive ketones (excluding diaryl/α,β-unsaturated/α-hetero) is 2. The molecular weight excluding hydrogens is 308 g/mol. The number of amides is 4. The second-order valence-corrected chi connectivity index (χ2v) is 4.57. The Balaban J connectivity index is 4.69. The lowest BCUT2D eigenvalue weighted by Crippen LogP contribution is -2.50. The van der Waals surface area contributed by atoms with Crippen LogP contribution in [0.3, 0.4) is 0 Å². The van der Waals surface area contributed by atoms with Crippen LogP contribution in [0, 0.1) is 11.8 Å². The molecule has 4 N–H and O–H groups in total. The number of rotatable bonds is 8. The maximum Gasteiger partial charge on any atom is 0.241 e. The third kappa shape index (κ3) is 5.85. The highest BCUT2D eigenvalue weighted by atomic mass is 16.2. The van der Waals surface area contributed by atoms with Crippen LogP contribution < -0.4 is 21.3 Å². The van der Waals surface area contributed by atoms with Crippen molar-refractivity contribution in [3.8, 4) is 0 Å². The van der Waals surface area contributed by atoms with Gasteiger partial charge in [0.15, 0.2) is 23.4 Å². The van der Waals surface area contributed by atoms with Crippen LogP contribution >= 0.6 is 0 Å². The largest absolute Gasteiger partial charge is 0.358 e. The minimum atomic E-state index is -1.54. The zero-order valence-electron chi connectivity index (χ0n) is 13.3. The number of hydrogen-bond donors (Lipinski definition) is 4. The lowest BCUT2D eigenvalue weighted by Gasteiger charge is -2.15. The fraction of sp³-hybridized carbons (Fsp3) is 0.538. The summed E-state index contributed by atoms with van der Waals surface area (Å²) in [6, 6.07) is 0. The summed E-state index contributed by atoms with van der Waals surface area (Å²) < 4.78 is 0. The van der Waals surface area contributed by atoms with E-state index in [2.05, 4.69) is 21.3 Å². The Morgan fingerprint density at radius 2 is 0.957 bits per heavy atom. The molecule has 2 atom stereocenters. The van der Waals surface area contributed by atoms with Crippen molar-refractivity contribution in [1.82, 2.24) is 21.3 Å². The third-order valence-electron chi connectivity index (χ3n) is 2.88. The van der Waals surface area contributed by atoms with E-state index in [1.165, 1.54) is 14.1 Å². The average Bonchev–Trinajstić information content (AvgIpc) is 2.46. The van der Waals surface area contributed by atoms with Crippen molar-refractivity contribution < 1.29 is 28.8 Å². The number of carbonyl (C=O) groups excluding carboxylic acids is 6. The molecule has 0 aromatic heterocycles. The highest BCUT2D eigenvalue weighted by molar-refractivity contribution is 6.18. The first-order valence-corrected chi connectivity index (χ1v) is 6.66. The van der Waals surface area contributed by atoms with Crippen LogP contribution in [0.4, 0.5) is 0 Å². The Morgan fingerprint density at radius 1 is 0.652 bits per heavy atom. The van der Waals surface area contributed by atoms with Crippen LogP contribution in [-0.4, -0.2) is 56.0 Å². The van der Waals surface area contributed by atoms with Gasteiger partial charge in [-0.1, -0.05) is 0 Å². The van der Waals surface area contributed by atoms with E-state index in [4.69, 9.17) is 0 Å². The predicted molar refractivity (Wildman–Crippen MR) is 77.6 cm³/mol. The maximum atomic E-state index is 11.8. The van der Waals surface area contributed by atoms with Crippen LogP contribution in [0.15, 0.2) is 0 Å². The predicted octanol–water partition coefficient (Wildman–Crippen LogP) is -2.92. The smallest absolute Gasteiger partial charge is 0.241 e. The number of carbonyl (C=O) groups is 6.